The zero-order valence-electron chi connectivity index (χ0n) is 17.0. The largest absolute Gasteiger partial charge is 0.376 e. The number of hydrogen-bond acceptors (Lipinski definition) is 6. The molecule has 156 valence electrons. The Morgan fingerprint density at radius 1 is 1.20 bits per heavy atom. The third-order valence-corrected chi connectivity index (χ3v) is 6.20. The Balaban J connectivity index is 1.49. The minimum absolute atomic E-state index is 0.0405. The molecule has 0 bridgehead atoms. The van der Waals surface area contributed by atoms with E-state index in [1.807, 2.05) is 66.4 Å². The van der Waals surface area contributed by atoms with Crippen molar-refractivity contribution in [3.63, 3.8) is 0 Å². The van der Waals surface area contributed by atoms with E-state index in [0.717, 1.165) is 35.9 Å². The van der Waals surface area contributed by atoms with E-state index in [9.17, 15) is 4.79 Å². The molecule has 7 nitrogen and oxygen atoms in total. The number of para-hydroxylation sites is 1. The first kappa shape index (κ1) is 20.6. The van der Waals surface area contributed by atoms with Crippen molar-refractivity contribution >= 4 is 17.7 Å². The Hall–Kier alpha value is -2.71. The van der Waals surface area contributed by atoms with Gasteiger partial charge >= 0.3 is 0 Å². The number of amides is 1. The van der Waals surface area contributed by atoms with Gasteiger partial charge < -0.3 is 9.64 Å². The fourth-order valence-corrected chi connectivity index (χ4v) is 4.49. The van der Waals surface area contributed by atoms with Crippen LogP contribution in [0.2, 0.25) is 0 Å². The second kappa shape index (κ2) is 9.86. The number of ether oxygens (including phenoxy) is 1. The average molecular weight is 424 g/mol. The molecule has 1 unspecified atom stereocenters. The Morgan fingerprint density at radius 2 is 2.00 bits per heavy atom. The maximum absolute atomic E-state index is 13.2. The highest BCUT2D eigenvalue weighted by Gasteiger charge is 2.24. The van der Waals surface area contributed by atoms with Crippen molar-refractivity contribution in [2.45, 2.75) is 36.5 Å². The molecule has 0 radical (unpaired) electrons. The van der Waals surface area contributed by atoms with Crippen LogP contribution in [-0.4, -0.2) is 56.8 Å². The monoisotopic (exact) mass is 423 g/mol. The van der Waals surface area contributed by atoms with Crippen molar-refractivity contribution in [2.24, 2.45) is 0 Å². The number of carbonyl (C=O) groups excluding carboxylic acids is 1. The van der Waals surface area contributed by atoms with Crippen LogP contribution in [0.4, 0.5) is 0 Å². The van der Waals surface area contributed by atoms with E-state index in [1.165, 1.54) is 0 Å². The maximum Gasteiger partial charge on any atom is 0.255 e. The summed E-state index contributed by atoms with van der Waals surface area (Å²) < 4.78 is 7.46. The molecule has 3 aromatic rings. The summed E-state index contributed by atoms with van der Waals surface area (Å²) in [6.07, 6.45) is 2.23. The predicted molar refractivity (Wildman–Crippen MR) is 116 cm³/mol. The molecule has 1 fully saturated rings. The van der Waals surface area contributed by atoms with Crippen molar-refractivity contribution in [1.29, 1.82) is 0 Å². The van der Waals surface area contributed by atoms with Crippen LogP contribution in [0.25, 0.3) is 5.69 Å². The van der Waals surface area contributed by atoms with Crippen molar-refractivity contribution in [3.8, 4) is 5.69 Å². The van der Waals surface area contributed by atoms with E-state index in [0.29, 0.717) is 24.4 Å². The number of aromatic nitrogens is 4. The number of thioether (sulfide) groups is 1. The topological polar surface area (TPSA) is 73.1 Å². The highest BCUT2D eigenvalue weighted by Crippen LogP contribution is 2.27. The van der Waals surface area contributed by atoms with E-state index in [-0.39, 0.29) is 12.0 Å². The highest BCUT2D eigenvalue weighted by molar-refractivity contribution is 7.98. The molecule has 1 atom stereocenters. The lowest BCUT2D eigenvalue weighted by Crippen LogP contribution is -2.37. The van der Waals surface area contributed by atoms with Crippen molar-refractivity contribution in [3.05, 3.63) is 66.0 Å². The van der Waals surface area contributed by atoms with Gasteiger partial charge in [-0.05, 0) is 54.5 Å². The Morgan fingerprint density at radius 3 is 2.77 bits per heavy atom. The molecule has 1 aliphatic heterocycles. The molecule has 2 aromatic carbocycles. The van der Waals surface area contributed by atoms with Crippen LogP contribution in [0.3, 0.4) is 0 Å². The van der Waals surface area contributed by atoms with E-state index in [1.54, 1.807) is 16.4 Å². The van der Waals surface area contributed by atoms with Gasteiger partial charge in [0.2, 0.25) is 0 Å². The Bertz CT molecular complexity index is 972. The summed E-state index contributed by atoms with van der Waals surface area (Å²) in [5.41, 5.74) is 1.62. The molecule has 2 heterocycles. The summed E-state index contributed by atoms with van der Waals surface area (Å²) in [5.74, 6) is 1.34. The number of hydrogen-bond donors (Lipinski definition) is 0. The smallest absolute Gasteiger partial charge is 0.255 e. The number of likely N-dealkylation sites (N-methyl/N-ethyl adjacent to an activating group) is 1. The molecule has 0 spiro atoms. The van der Waals surface area contributed by atoms with Crippen molar-refractivity contribution in [1.82, 2.24) is 25.1 Å². The van der Waals surface area contributed by atoms with Crippen LogP contribution in [-0.2, 0) is 10.5 Å². The van der Waals surface area contributed by atoms with E-state index in [4.69, 9.17) is 4.74 Å². The summed E-state index contributed by atoms with van der Waals surface area (Å²) in [4.78, 5) is 16.1. The highest BCUT2D eigenvalue weighted by atomic mass is 32.2. The number of rotatable bonds is 8. The van der Waals surface area contributed by atoms with E-state index < -0.39 is 0 Å². The molecule has 8 heteroatoms. The average Bonchev–Trinajstić information content (AvgIpc) is 3.48. The minimum atomic E-state index is 0.0405. The molecular weight excluding hydrogens is 398 g/mol. The van der Waals surface area contributed by atoms with Crippen LogP contribution < -0.4 is 0 Å². The maximum atomic E-state index is 13.2. The standard InChI is InChI=1S/C22H25N5O2S/c1-2-26(15-18-11-8-14-29-18)22(28)19-12-6-7-13-20(19)30-16-21-23-24-25-27(21)17-9-4-3-5-10-17/h3-7,9-10,12-13,18H,2,8,11,14-16H2,1H3. The van der Waals surface area contributed by atoms with Gasteiger partial charge in [0, 0.05) is 24.6 Å². The van der Waals surface area contributed by atoms with Crippen molar-refractivity contribution in [2.75, 3.05) is 19.7 Å². The minimum Gasteiger partial charge on any atom is -0.376 e. The van der Waals surface area contributed by atoms with Gasteiger partial charge in [0.1, 0.15) is 0 Å². The van der Waals surface area contributed by atoms with Gasteiger partial charge in [0.05, 0.1) is 23.1 Å². The SMILES string of the molecule is CCN(CC1CCCO1)C(=O)c1ccccc1SCc1nnnn1-c1ccccc1. The van der Waals surface area contributed by atoms with Crippen molar-refractivity contribution < 1.29 is 9.53 Å². The number of tetrazole rings is 1. The molecule has 0 aliphatic carbocycles. The first-order chi connectivity index (χ1) is 14.8. The first-order valence-corrected chi connectivity index (χ1v) is 11.2. The number of nitrogens with zero attached hydrogens (tertiary/aromatic N) is 5. The molecule has 1 aliphatic rings. The summed E-state index contributed by atoms with van der Waals surface area (Å²) >= 11 is 1.57. The summed E-state index contributed by atoms with van der Waals surface area (Å²) in [6, 6.07) is 17.5. The Kier molecular flexibility index (Phi) is 6.76. The third kappa shape index (κ3) is 4.71. The third-order valence-electron chi connectivity index (χ3n) is 5.13. The van der Waals surface area contributed by atoms with Crippen LogP contribution in [0.1, 0.15) is 35.9 Å². The molecule has 1 saturated heterocycles. The lowest BCUT2D eigenvalue weighted by Gasteiger charge is -2.25. The van der Waals surface area contributed by atoms with Crippen LogP contribution in [0.15, 0.2) is 59.5 Å². The van der Waals surface area contributed by atoms with Gasteiger partial charge in [-0.1, -0.05) is 30.3 Å². The fourth-order valence-electron chi connectivity index (χ4n) is 3.54. The van der Waals surface area contributed by atoms with Gasteiger partial charge in [0.15, 0.2) is 5.82 Å². The fraction of sp³-hybridized carbons (Fsp3) is 0.364. The molecule has 0 saturated carbocycles. The zero-order valence-corrected chi connectivity index (χ0v) is 17.8. The van der Waals surface area contributed by atoms with Crippen LogP contribution >= 0.6 is 11.8 Å². The number of benzene rings is 2. The number of carbonyl (C=O) groups is 1. The molecule has 1 amide bonds. The summed E-state index contributed by atoms with van der Waals surface area (Å²) in [7, 11) is 0. The van der Waals surface area contributed by atoms with Gasteiger partial charge in [0.25, 0.3) is 5.91 Å². The van der Waals surface area contributed by atoms with Gasteiger partial charge in [-0.15, -0.1) is 16.9 Å². The van der Waals surface area contributed by atoms with E-state index >= 15 is 0 Å². The molecular formula is C22H25N5O2S. The summed E-state index contributed by atoms with van der Waals surface area (Å²) in [6.45, 7) is 4.10. The molecule has 0 N–H and O–H groups in total. The van der Waals surface area contributed by atoms with Gasteiger partial charge in [-0.3, -0.25) is 4.79 Å². The zero-order chi connectivity index (χ0) is 20.8. The van der Waals surface area contributed by atoms with Gasteiger partial charge in [-0.25, -0.2) is 0 Å². The summed E-state index contributed by atoms with van der Waals surface area (Å²) in [5, 5.41) is 12.1. The second-order valence-electron chi connectivity index (χ2n) is 7.11. The lowest BCUT2D eigenvalue weighted by molar-refractivity contribution is 0.0536. The van der Waals surface area contributed by atoms with Gasteiger partial charge in [-0.2, -0.15) is 4.68 Å². The first-order valence-electron chi connectivity index (χ1n) is 10.2. The van der Waals surface area contributed by atoms with Crippen LogP contribution in [0, 0.1) is 0 Å². The molecule has 1 aromatic heterocycles. The van der Waals surface area contributed by atoms with E-state index in [2.05, 4.69) is 15.5 Å². The quantitative estimate of drug-likeness (QED) is 0.516. The lowest BCUT2D eigenvalue weighted by atomic mass is 10.1. The Labute approximate surface area is 180 Å². The second-order valence-corrected chi connectivity index (χ2v) is 8.12. The normalized spacial score (nSPS) is 16.0. The molecule has 30 heavy (non-hydrogen) atoms. The molecule has 4 rings (SSSR count). The predicted octanol–water partition coefficient (Wildman–Crippen LogP) is 3.60. The van der Waals surface area contributed by atoms with Crippen LogP contribution in [0.5, 0.6) is 0 Å².